The lowest BCUT2D eigenvalue weighted by atomic mass is 10.2. The Balaban J connectivity index is 2.38. The Kier molecular flexibility index (Phi) is 4.88. The van der Waals surface area contributed by atoms with Gasteiger partial charge in [-0.2, -0.15) is 4.31 Å². The first-order chi connectivity index (χ1) is 9.87. The monoisotopic (exact) mass is 332 g/mol. The van der Waals surface area contributed by atoms with Gasteiger partial charge in [0.1, 0.15) is 4.90 Å². The number of nitrogens with one attached hydrogen (secondary N) is 1. The molecule has 0 bridgehead atoms. The molecule has 1 saturated heterocycles. The van der Waals surface area contributed by atoms with Crippen molar-refractivity contribution < 1.29 is 17.9 Å². The third kappa shape index (κ3) is 3.21. The molecule has 0 amide bonds. The number of hydrogen-bond acceptors (Lipinski definition) is 5. The van der Waals surface area contributed by atoms with Gasteiger partial charge in [-0.25, -0.2) is 13.2 Å². The highest BCUT2D eigenvalue weighted by molar-refractivity contribution is 7.89. The molecule has 1 aliphatic rings. The van der Waals surface area contributed by atoms with Gasteiger partial charge in [-0.05, 0) is 25.1 Å². The number of hydrogen-bond donors (Lipinski definition) is 1. The molecule has 6 nitrogen and oxygen atoms in total. The van der Waals surface area contributed by atoms with E-state index in [1.54, 1.807) is 0 Å². The Hall–Kier alpha value is -1.15. The first kappa shape index (κ1) is 16.2. The molecule has 1 atom stereocenters. The van der Waals surface area contributed by atoms with Gasteiger partial charge in [0.25, 0.3) is 0 Å². The molecular formula is C13H17ClN2O4S. The normalized spacial score (nSPS) is 20.2. The van der Waals surface area contributed by atoms with Crippen LogP contribution in [0, 0.1) is 0 Å². The zero-order valence-electron chi connectivity index (χ0n) is 11.8. The highest BCUT2D eigenvalue weighted by Crippen LogP contribution is 2.27. The van der Waals surface area contributed by atoms with Gasteiger partial charge in [-0.3, -0.25) is 0 Å². The highest BCUT2D eigenvalue weighted by Gasteiger charge is 2.32. The molecule has 1 aromatic rings. The lowest BCUT2D eigenvalue weighted by Gasteiger charge is -2.33. The second-order valence-electron chi connectivity index (χ2n) is 4.81. The predicted molar refractivity (Wildman–Crippen MR) is 79.0 cm³/mol. The van der Waals surface area contributed by atoms with Crippen LogP contribution in [0.1, 0.15) is 17.3 Å². The van der Waals surface area contributed by atoms with Crippen LogP contribution in [0.4, 0.5) is 0 Å². The number of sulfonamides is 1. The Morgan fingerprint density at radius 2 is 2.19 bits per heavy atom. The van der Waals surface area contributed by atoms with Crippen molar-refractivity contribution in [3.05, 3.63) is 28.8 Å². The number of benzene rings is 1. The van der Waals surface area contributed by atoms with E-state index in [4.69, 9.17) is 11.6 Å². The van der Waals surface area contributed by atoms with Crippen LogP contribution >= 0.6 is 11.6 Å². The summed E-state index contributed by atoms with van der Waals surface area (Å²) >= 11 is 6.05. The fourth-order valence-corrected chi connectivity index (χ4v) is 4.41. The third-order valence-electron chi connectivity index (χ3n) is 3.38. The molecule has 0 spiro atoms. The number of rotatable bonds is 3. The van der Waals surface area contributed by atoms with Gasteiger partial charge in [0.2, 0.25) is 10.0 Å². The number of carbonyl (C=O) groups excluding carboxylic acids is 1. The Bertz CT molecular complexity index is 648. The predicted octanol–water partition coefficient (Wildman–Crippen LogP) is 1.11. The van der Waals surface area contributed by atoms with Gasteiger partial charge in [0, 0.05) is 25.7 Å². The van der Waals surface area contributed by atoms with Crippen LogP contribution in [-0.4, -0.2) is 51.5 Å². The maximum absolute atomic E-state index is 12.7. The van der Waals surface area contributed by atoms with Crippen molar-refractivity contribution in [2.45, 2.75) is 17.9 Å². The lowest BCUT2D eigenvalue weighted by molar-refractivity contribution is 0.0600. The van der Waals surface area contributed by atoms with Crippen molar-refractivity contribution >= 4 is 27.6 Å². The summed E-state index contributed by atoms with van der Waals surface area (Å²) in [5, 5.41) is 3.15. The summed E-state index contributed by atoms with van der Waals surface area (Å²) in [5.41, 5.74) is 0.217. The van der Waals surface area contributed by atoms with E-state index in [0.29, 0.717) is 19.6 Å². The summed E-state index contributed by atoms with van der Waals surface area (Å²) < 4.78 is 31.3. The van der Waals surface area contributed by atoms with Crippen molar-refractivity contribution in [1.82, 2.24) is 9.62 Å². The van der Waals surface area contributed by atoms with Gasteiger partial charge in [-0.1, -0.05) is 11.6 Å². The van der Waals surface area contributed by atoms with Crippen LogP contribution in [0.2, 0.25) is 5.02 Å². The van der Waals surface area contributed by atoms with Gasteiger partial charge < -0.3 is 10.1 Å². The number of carbonyl (C=O) groups is 1. The van der Waals surface area contributed by atoms with Crippen LogP contribution in [-0.2, 0) is 14.8 Å². The summed E-state index contributed by atoms with van der Waals surface area (Å²) in [6.07, 6.45) is 0. The minimum atomic E-state index is -3.68. The molecule has 21 heavy (non-hydrogen) atoms. The van der Waals surface area contributed by atoms with E-state index in [-0.39, 0.29) is 21.5 Å². The van der Waals surface area contributed by atoms with Crippen molar-refractivity contribution in [2.24, 2.45) is 0 Å². The first-order valence-corrected chi connectivity index (χ1v) is 8.30. The number of piperazine rings is 1. The van der Waals surface area contributed by atoms with E-state index >= 15 is 0 Å². The molecule has 1 fully saturated rings. The van der Waals surface area contributed by atoms with Crippen LogP contribution in [0.25, 0.3) is 0 Å². The molecule has 8 heteroatoms. The molecule has 0 aromatic heterocycles. The average molecular weight is 333 g/mol. The van der Waals surface area contributed by atoms with Crippen molar-refractivity contribution in [2.75, 3.05) is 26.7 Å². The molecule has 0 aliphatic carbocycles. The summed E-state index contributed by atoms with van der Waals surface area (Å²) in [6, 6.07) is 3.91. The van der Waals surface area contributed by atoms with E-state index in [0.717, 1.165) is 0 Å². The Morgan fingerprint density at radius 3 is 2.76 bits per heavy atom. The Labute approximate surface area is 129 Å². The number of esters is 1. The molecule has 0 saturated carbocycles. The lowest BCUT2D eigenvalue weighted by Crippen LogP contribution is -2.52. The highest BCUT2D eigenvalue weighted by atomic mass is 35.5. The summed E-state index contributed by atoms with van der Waals surface area (Å²) in [7, 11) is -2.43. The van der Waals surface area contributed by atoms with Crippen LogP contribution < -0.4 is 5.32 Å². The molecule has 1 aliphatic heterocycles. The van der Waals surface area contributed by atoms with E-state index in [1.165, 1.54) is 29.6 Å². The summed E-state index contributed by atoms with van der Waals surface area (Å²) in [5.74, 6) is -0.559. The standard InChI is InChI=1S/C13H17ClN2O4S/c1-9-8-15-5-6-16(9)21(18,19)12-4-3-10(7-11(12)14)13(17)20-2/h3-4,7,9,15H,5-6,8H2,1-2H3. The third-order valence-corrected chi connectivity index (χ3v) is 5.88. The summed E-state index contributed by atoms with van der Waals surface area (Å²) in [4.78, 5) is 11.4. The van der Waals surface area contributed by atoms with E-state index in [9.17, 15) is 13.2 Å². The van der Waals surface area contributed by atoms with E-state index in [2.05, 4.69) is 10.1 Å². The maximum Gasteiger partial charge on any atom is 0.337 e. The first-order valence-electron chi connectivity index (χ1n) is 6.48. The van der Waals surface area contributed by atoms with E-state index in [1.807, 2.05) is 6.92 Å². The Morgan fingerprint density at radius 1 is 1.48 bits per heavy atom. The number of nitrogens with zero attached hydrogens (tertiary/aromatic N) is 1. The minimum absolute atomic E-state index is 0.00516. The minimum Gasteiger partial charge on any atom is -0.465 e. The number of halogens is 1. The van der Waals surface area contributed by atoms with Gasteiger partial charge in [-0.15, -0.1) is 0 Å². The van der Waals surface area contributed by atoms with E-state index < -0.39 is 16.0 Å². The van der Waals surface area contributed by atoms with Gasteiger partial charge >= 0.3 is 5.97 Å². The smallest absolute Gasteiger partial charge is 0.337 e. The van der Waals surface area contributed by atoms with Crippen LogP contribution in [0.15, 0.2) is 23.1 Å². The molecule has 1 unspecified atom stereocenters. The second kappa shape index (κ2) is 6.31. The fourth-order valence-electron chi connectivity index (χ4n) is 2.26. The fraction of sp³-hybridized carbons (Fsp3) is 0.462. The molecular weight excluding hydrogens is 316 g/mol. The second-order valence-corrected chi connectivity index (χ2v) is 7.07. The molecule has 0 radical (unpaired) electrons. The number of ether oxygens (including phenoxy) is 1. The molecule has 116 valence electrons. The van der Waals surface area contributed by atoms with Gasteiger partial charge in [0.05, 0.1) is 17.7 Å². The number of methoxy groups -OCH3 is 1. The van der Waals surface area contributed by atoms with Gasteiger partial charge in [0.15, 0.2) is 0 Å². The molecule has 2 rings (SSSR count). The van der Waals surface area contributed by atoms with Crippen molar-refractivity contribution in [3.63, 3.8) is 0 Å². The van der Waals surface area contributed by atoms with Crippen molar-refractivity contribution in [3.8, 4) is 0 Å². The summed E-state index contributed by atoms with van der Waals surface area (Å²) in [6.45, 7) is 3.41. The van der Waals surface area contributed by atoms with Crippen LogP contribution in [0.3, 0.4) is 0 Å². The maximum atomic E-state index is 12.7. The van der Waals surface area contributed by atoms with Crippen molar-refractivity contribution in [1.29, 1.82) is 0 Å². The van der Waals surface area contributed by atoms with Crippen LogP contribution in [0.5, 0.6) is 0 Å². The SMILES string of the molecule is COC(=O)c1ccc(S(=O)(=O)N2CCNCC2C)c(Cl)c1. The topological polar surface area (TPSA) is 75.7 Å². The molecule has 1 N–H and O–H groups in total. The largest absolute Gasteiger partial charge is 0.465 e. The average Bonchev–Trinajstić information content (AvgIpc) is 2.46. The zero-order chi connectivity index (χ0) is 15.6. The molecule has 1 heterocycles. The quantitative estimate of drug-likeness (QED) is 0.839. The zero-order valence-corrected chi connectivity index (χ0v) is 13.4. The molecule has 1 aromatic carbocycles.